The van der Waals surface area contributed by atoms with Gasteiger partial charge < -0.3 is 10.7 Å². The number of aromatic nitrogens is 2. The molecule has 0 amide bonds. The Morgan fingerprint density at radius 3 is 2.78 bits per heavy atom. The van der Waals surface area contributed by atoms with Gasteiger partial charge in [-0.2, -0.15) is 0 Å². The van der Waals surface area contributed by atoms with Crippen LogP contribution in [0, 0.1) is 6.92 Å². The molecule has 4 rings (SSSR count). The van der Waals surface area contributed by atoms with Gasteiger partial charge in [-0.15, -0.1) is 0 Å². The van der Waals surface area contributed by atoms with Crippen molar-refractivity contribution < 1.29 is 0 Å². The Kier molecular flexibility index (Phi) is 5.22. The molecule has 2 aromatic heterocycles. The molecule has 0 saturated carbocycles. The first-order valence-electron chi connectivity index (χ1n) is 9.15. The lowest BCUT2D eigenvalue weighted by molar-refractivity contribution is 0.748. The van der Waals surface area contributed by atoms with E-state index in [0.717, 1.165) is 62.1 Å². The van der Waals surface area contributed by atoms with Gasteiger partial charge in [-0.25, -0.2) is 0 Å². The van der Waals surface area contributed by atoms with E-state index in [4.69, 9.17) is 17.3 Å². The van der Waals surface area contributed by atoms with Crippen molar-refractivity contribution in [2.75, 3.05) is 6.54 Å². The molecule has 0 radical (unpaired) electrons. The molecule has 0 aliphatic rings. The quantitative estimate of drug-likeness (QED) is 0.352. The summed E-state index contributed by atoms with van der Waals surface area (Å²) < 4.78 is 0.987. The maximum absolute atomic E-state index is 6.54. The molecule has 0 saturated heterocycles. The molecule has 0 atom stereocenters. The maximum atomic E-state index is 6.54. The van der Waals surface area contributed by atoms with Crippen LogP contribution in [0.1, 0.15) is 24.1 Å². The zero-order valence-corrected chi connectivity index (χ0v) is 17.5. The fourth-order valence-corrected chi connectivity index (χ4v) is 4.54. The highest BCUT2D eigenvalue weighted by molar-refractivity contribution is 9.10. The van der Waals surface area contributed by atoms with Crippen molar-refractivity contribution in [2.45, 2.75) is 26.2 Å². The Morgan fingerprint density at radius 1 is 1.11 bits per heavy atom. The van der Waals surface area contributed by atoms with Crippen molar-refractivity contribution in [2.24, 2.45) is 5.73 Å². The number of benzene rings is 2. The van der Waals surface area contributed by atoms with Crippen molar-refractivity contribution in [3.05, 3.63) is 63.2 Å². The Labute approximate surface area is 172 Å². The minimum atomic E-state index is 0.708. The van der Waals surface area contributed by atoms with E-state index in [1.807, 2.05) is 13.0 Å². The first-order chi connectivity index (χ1) is 13.1. The van der Waals surface area contributed by atoms with E-state index in [-0.39, 0.29) is 0 Å². The highest BCUT2D eigenvalue weighted by Crippen LogP contribution is 2.38. The SMILES string of the molecule is Cc1ccc2c(-c3[nH]c4c(Cl)cc(Br)cc4c3CCCCN)cccc2n1. The fraction of sp³-hybridized carbons (Fsp3) is 0.227. The summed E-state index contributed by atoms with van der Waals surface area (Å²) >= 11 is 10.1. The van der Waals surface area contributed by atoms with E-state index in [1.165, 1.54) is 10.9 Å². The van der Waals surface area contributed by atoms with Gasteiger partial charge in [-0.05, 0) is 62.6 Å². The summed E-state index contributed by atoms with van der Waals surface area (Å²) in [4.78, 5) is 8.29. The van der Waals surface area contributed by atoms with E-state index in [2.05, 4.69) is 62.3 Å². The summed E-state index contributed by atoms with van der Waals surface area (Å²) in [5.74, 6) is 0. The summed E-state index contributed by atoms with van der Waals surface area (Å²) in [5, 5.41) is 3.03. The van der Waals surface area contributed by atoms with Crippen LogP contribution in [0.25, 0.3) is 33.1 Å². The molecule has 0 aliphatic carbocycles. The standard InChI is InChI=1S/C22H21BrClN3/c1-13-8-9-15-16(6-4-7-20(15)26-13)21-17(5-2-3-10-25)18-11-14(23)12-19(24)22(18)27-21/h4,6-9,11-12,27H,2-3,5,10,25H2,1H3. The predicted molar refractivity (Wildman–Crippen MR) is 118 cm³/mol. The van der Waals surface area contributed by atoms with Crippen LogP contribution in [0.4, 0.5) is 0 Å². The van der Waals surface area contributed by atoms with E-state index in [0.29, 0.717) is 6.54 Å². The van der Waals surface area contributed by atoms with Crippen LogP contribution in [-0.4, -0.2) is 16.5 Å². The molecule has 0 unspecified atom stereocenters. The van der Waals surface area contributed by atoms with E-state index < -0.39 is 0 Å². The molecule has 3 nitrogen and oxygen atoms in total. The minimum Gasteiger partial charge on any atom is -0.353 e. The Morgan fingerprint density at radius 2 is 1.96 bits per heavy atom. The molecule has 2 heterocycles. The lowest BCUT2D eigenvalue weighted by atomic mass is 9.97. The van der Waals surface area contributed by atoms with Gasteiger partial charge in [0.2, 0.25) is 0 Å². The minimum absolute atomic E-state index is 0.708. The molecule has 27 heavy (non-hydrogen) atoms. The van der Waals surface area contributed by atoms with Crippen molar-refractivity contribution in [1.29, 1.82) is 0 Å². The molecule has 0 spiro atoms. The third kappa shape index (κ3) is 3.49. The molecule has 0 bridgehead atoms. The number of H-pyrrole nitrogens is 1. The smallest absolute Gasteiger partial charge is 0.0711 e. The molecule has 2 aromatic carbocycles. The topological polar surface area (TPSA) is 54.7 Å². The molecule has 138 valence electrons. The Bertz CT molecular complexity index is 1130. The van der Waals surface area contributed by atoms with Crippen LogP contribution in [0.3, 0.4) is 0 Å². The first-order valence-corrected chi connectivity index (χ1v) is 10.3. The molecular formula is C22H21BrClN3. The number of nitrogens with one attached hydrogen (secondary N) is 1. The maximum Gasteiger partial charge on any atom is 0.0711 e. The van der Waals surface area contributed by atoms with Crippen molar-refractivity contribution in [3.8, 4) is 11.3 Å². The van der Waals surface area contributed by atoms with Crippen LogP contribution >= 0.6 is 27.5 Å². The number of aryl methyl sites for hydroxylation is 2. The number of halogens is 2. The third-order valence-corrected chi connectivity index (χ3v) is 5.71. The highest BCUT2D eigenvalue weighted by Gasteiger charge is 2.17. The second-order valence-electron chi connectivity index (χ2n) is 6.86. The van der Waals surface area contributed by atoms with Gasteiger partial charge in [0, 0.05) is 26.5 Å². The number of unbranched alkanes of at least 4 members (excludes halogenated alkanes) is 1. The Hall–Kier alpha value is -1.88. The van der Waals surface area contributed by atoms with Crippen molar-refractivity contribution in [1.82, 2.24) is 9.97 Å². The summed E-state index contributed by atoms with van der Waals surface area (Å²) in [6.45, 7) is 2.73. The molecule has 4 aromatic rings. The number of nitrogens with two attached hydrogens (primary N) is 1. The number of hydrogen-bond donors (Lipinski definition) is 2. The summed E-state index contributed by atoms with van der Waals surface area (Å²) in [6.07, 6.45) is 3.00. The number of rotatable bonds is 5. The van der Waals surface area contributed by atoms with Gasteiger partial charge in [0.05, 0.1) is 21.7 Å². The number of nitrogens with zero attached hydrogens (tertiary/aromatic N) is 1. The zero-order chi connectivity index (χ0) is 19.0. The molecule has 3 N–H and O–H groups in total. The van der Waals surface area contributed by atoms with Gasteiger partial charge in [0.1, 0.15) is 0 Å². The molecule has 0 fully saturated rings. The number of fused-ring (bicyclic) bond motifs is 2. The average molecular weight is 443 g/mol. The van der Waals surface area contributed by atoms with Crippen LogP contribution in [0.5, 0.6) is 0 Å². The normalized spacial score (nSPS) is 11.6. The van der Waals surface area contributed by atoms with Crippen LogP contribution in [-0.2, 0) is 6.42 Å². The van der Waals surface area contributed by atoms with Gasteiger partial charge >= 0.3 is 0 Å². The van der Waals surface area contributed by atoms with E-state index in [1.54, 1.807) is 0 Å². The second kappa shape index (κ2) is 7.63. The highest BCUT2D eigenvalue weighted by atomic mass is 79.9. The third-order valence-electron chi connectivity index (χ3n) is 4.95. The van der Waals surface area contributed by atoms with Crippen molar-refractivity contribution >= 4 is 49.3 Å². The predicted octanol–water partition coefficient (Wildman–Crippen LogP) is 6.39. The monoisotopic (exact) mass is 441 g/mol. The molecule has 5 heteroatoms. The van der Waals surface area contributed by atoms with Crippen LogP contribution in [0.2, 0.25) is 5.02 Å². The lowest BCUT2D eigenvalue weighted by Crippen LogP contribution is -1.99. The van der Waals surface area contributed by atoms with Crippen LogP contribution < -0.4 is 5.73 Å². The Balaban J connectivity index is 1.98. The summed E-state index contributed by atoms with van der Waals surface area (Å²) in [7, 11) is 0. The number of aromatic amines is 1. The van der Waals surface area contributed by atoms with Gasteiger partial charge in [0.15, 0.2) is 0 Å². The van der Waals surface area contributed by atoms with E-state index in [9.17, 15) is 0 Å². The first kappa shape index (κ1) is 18.5. The summed E-state index contributed by atoms with van der Waals surface area (Å²) in [5.41, 5.74) is 12.3. The van der Waals surface area contributed by atoms with E-state index >= 15 is 0 Å². The zero-order valence-electron chi connectivity index (χ0n) is 15.2. The van der Waals surface area contributed by atoms with Crippen LogP contribution in [0.15, 0.2) is 46.9 Å². The van der Waals surface area contributed by atoms with Crippen molar-refractivity contribution in [3.63, 3.8) is 0 Å². The molecular weight excluding hydrogens is 422 g/mol. The molecule has 0 aliphatic heterocycles. The second-order valence-corrected chi connectivity index (χ2v) is 8.18. The average Bonchev–Trinajstić information content (AvgIpc) is 3.00. The summed E-state index contributed by atoms with van der Waals surface area (Å²) in [6, 6.07) is 14.6. The fourth-order valence-electron chi connectivity index (χ4n) is 3.68. The largest absolute Gasteiger partial charge is 0.353 e. The lowest BCUT2D eigenvalue weighted by Gasteiger charge is -2.09. The van der Waals surface area contributed by atoms with Gasteiger partial charge in [0.25, 0.3) is 0 Å². The van der Waals surface area contributed by atoms with Gasteiger partial charge in [-0.3, -0.25) is 4.98 Å². The number of pyridine rings is 1. The number of hydrogen-bond acceptors (Lipinski definition) is 2. The van der Waals surface area contributed by atoms with Gasteiger partial charge in [-0.1, -0.05) is 45.7 Å².